The number of aromatic nitrogens is 1. The Kier molecular flexibility index (Phi) is 3.27. The van der Waals surface area contributed by atoms with Crippen molar-refractivity contribution in [2.75, 3.05) is 11.9 Å². The molecule has 0 unspecified atom stereocenters. The van der Waals surface area contributed by atoms with Crippen LogP contribution in [0.15, 0.2) is 22.6 Å². The molecule has 5 heteroatoms. The van der Waals surface area contributed by atoms with Gasteiger partial charge in [-0.2, -0.15) is 0 Å². The molecular weight excluding hydrogens is 220 g/mol. The van der Waals surface area contributed by atoms with Gasteiger partial charge in [0.05, 0.1) is 0 Å². The van der Waals surface area contributed by atoms with Crippen molar-refractivity contribution in [1.82, 2.24) is 4.98 Å². The normalized spacial score (nSPS) is 10.6. The van der Waals surface area contributed by atoms with E-state index in [0.29, 0.717) is 18.9 Å². The molecule has 0 aliphatic carbocycles. The zero-order valence-electron chi connectivity index (χ0n) is 9.56. The second-order valence-corrected chi connectivity index (χ2v) is 3.84. The molecule has 0 atom stereocenters. The summed E-state index contributed by atoms with van der Waals surface area (Å²) in [5, 5.41) is 11.7. The van der Waals surface area contributed by atoms with E-state index in [0.717, 1.165) is 16.8 Å². The van der Waals surface area contributed by atoms with Crippen LogP contribution in [0.5, 0.6) is 0 Å². The van der Waals surface area contributed by atoms with Gasteiger partial charge in [-0.05, 0) is 24.6 Å². The van der Waals surface area contributed by atoms with Crippen LogP contribution >= 0.6 is 0 Å². The Morgan fingerprint density at radius 1 is 1.53 bits per heavy atom. The number of rotatable bonds is 5. The van der Waals surface area contributed by atoms with Crippen molar-refractivity contribution in [3.05, 3.63) is 24.1 Å². The second-order valence-electron chi connectivity index (χ2n) is 3.84. The largest absolute Gasteiger partial charge is 0.481 e. The summed E-state index contributed by atoms with van der Waals surface area (Å²) in [5.74, 6) is -0.127. The molecule has 1 heterocycles. The Hall–Kier alpha value is -2.04. The van der Waals surface area contributed by atoms with E-state index in [-0.39, 0.29) is 6.42 Å². The van der Waals surface area contributed by atoms with Crippen LogP contribution in [0.25, 0.3) is 11.1 Å². The molecule has 5 nitrogen and oxygen atoms in total. The van der Waals surface area contributed by atoms with Crippen molar-refractivity contribution in [3.63, 3.8) is 0 Å². The first-order valence-corrected chi connectivity index (χ1v) is 5.48. The Morgan fingerprint density at radius 2 is 2.35 bits per heavy atom. The van der Waals surface area contributed by atoms with Crippen LogP contribution in [0.4, 0.5) is 5.69 Å². The fourth-order valence-corrected chi connectivity index (χ4v) is 1.62. The molecule has 1 aromatic carbocycles. The Morgan fingerprint density at radius 3 is 3.12 bits per heavy atom. The van der Waals surface area contributed by atoms with Crippen LogP contribution in [-0.4, -0.2) is 22.6 Å². The maximum Gasteiger partial charge on any atom is 0.303 e. The number of oxazole rings is 1. The molecule has 0 radical (unpaired) electrons. The molecule has 0 aliphatic rings. The van der Waals surface area contributed by atoms with Gasteiger partial charge in [-0.25, -0.2) is 4.98 Å². The van der Waals surface area contributed by atoms with Gasteiger partial charge in [-0.1, -0.05) is 0 Å². The monoisotopic (exact) mass is 234 g/mol. The minimum atomic E-state index is -0.769. The minimum Gasteiger partial charge on any atom is -0.481 e. The van der Waals surface area contributed by atoms with Gasteiger partial charge in [0, 0.05) is 25.6 Å². The topological polar surface area (TPSA) is 75.4 Å². The van der Waals surface area contributed by atoms with Crippen LogP contribution in [0, 0.1) is 6.92 Å². The van der Waals surface area contributed by atoms with E-state index in [1.807, 2.05) is 18.2 Å². The predicted molar refractivity (Wildman–Crippen MR) is 64.1 cm³/mol. The van der Waals surface area contributed by atoms with E-state index in [9.17, 15) is 4.79 Å². The average Bonchev–Trinajstić information content (AvgIpc) is 2.63. The molecule has 0 spiro atoms. The number of benzene rings is 1. The highest BCUT2D eigenvalue weighted by molar-refractivity contribution is 5.77. The summed E-state index contributed by atoms with van der Waals surface area (Å²) in [7, 11) is 0. The summed E-state index contributed by atoms with van der Waals surface area (Å²) >= 11 is 0. The van der Waals surface area contributed by atoms with Crippen LogP contribution in [-0.2, 0) is 4.79 Å². The van der Waals surface area contributed by atoms with Gasteiger partial charge in [0.2, 0.25) is 0 Å². The van der Waals surface area contributed by atoms with E-state index >= 15 is 0 Å². The third-order valence-electron chi connectivity index (χ3n) is 2.39. The quantitative estimate of drug-likeness (QED) is 0.777. The van der Waals surface area contributed by atoms with Crippen LogP contribution < -0.4 is 5.32 Å². The molecule has 0 bridgehead atoms. The van der Waals surface area contributed by atoms with Crippen molar-refractivity contribution in [1.29, 1.82) is 0 Å². The molecule has 0 fully saturated rings. The maximum atomic E-state index is 10.3. The Balaban J connectivity index is 1.96. The summed E-state index contributed by atoms with van der Waals surface area (Å²) in [4.78, 5) is 14.6. The third kappa shape index (κ3) is 2.96. The van der Waals surface area contributed by atoms with Crippen LogP contribution in [0.2, 0.25) is 0 Å². The lowest BCUT2D eigenvalue weighted by Crippen LogP contribution is -2.04. The number of hydrogen-bond donors (Lipinski definition) is 2. The zero-order chi connectivity index (χ0) is 12.3. The lowest BCUT2D eigenvalue weighted by Gasteiger charge is -2.04. The smallest absolute Gasteiger partial charge is 0.303 e. The lowest BCUT2D eigenvalue weighted by atomic mass is 10.2. The maximum absolute atomic E-state index is 10.3. The fraction of sp³-hybridized carbons (Fsp3) is 0.333. The first-order valence-electron chi connectivity index (χ1n) is 5.48. The summed E-state index contributed by atoms with van der Waals surface area (Å²) in [6.45, 7) is 2.44. The van der Waals surface area contributed by atoms with Crippen LogP contribution in [0.3, 0.4) is 0 Å². The molecular formula is C12H14N2O3. The molecule has 0 aliphatic heterocycles. The summed E-state index contributed by atoms with van der Waals surface area (Å²) in [5.41, 5.74) is 2.50. The highest BCUT2D eigenvalue weighted by Crippen LogP contribution is 2.19. The van der Waals surface area contributed by atoms with E-state index in [4.69, 9.17) is 9.52 Å². The van der Waals surface area contributed by atoms with Gasteiger partial charge in [0.15, 0.2) is 11.5 Å². The van der Waals surface area contributed by atoms with Crippen molar-refractivity contribution in [2.24, 2.45) is 0 Å². The van der Waals surface area contributed by atoms with Crippen molar-refractivity contribution in [2.45, 2.75) is 19.8 Å². The number of hydrogen-bond acceptors (Lipinski definition) is 4. The van der Waals surface area contributed by atoms with E-state index in [1.165, 1.54) is 0 Å². The highest BCUT2D eigenvalue weighted by Gasteiger charge is 2.03. The average molecular weight is 234 g/mol. The van der Waals surface area contributed by atoms with Crippen LogP contribution in [0.1, 0.15) is 18.7 Å². The van der Waals surface area contributed by atoms with Gasteiger partial charge in [0.1, 0.15) is 5.52 Å². The van der Waals surface area contributed by atoms with Gasteiger partial charge < -0.3 is 14.8 Å². The van der Waals surface area contributed by atoms with E-state index in [2.05, 4.69) is 10.3 Å². The van der Waals surface area contributed by atoms with Gasteiger partial charge in [-0.3, -0.25) is 4.79 Å². The molecule has 0 saturated carbocycles. The van der Waals surface area contributed by atoms with Crippen molar-refractivity contribution in [3.8, 4) is 0 Å². The summed E-state index contributed by atoms with van der Waals surface area (Å²) in [6, 6.07) is 5.65. The molecule has 2 rings (SSSR count). The molecule has 2 aromatic rings. The minimum absolute atomic E-state index is 0.179. The first-order chi connectivity index (χ1) is 8.15. The molecule has 17 heavy (non-hydrogen) atoms. The predicted octanol–water partition coefficient (Wildman–Crippen LogP) is 2.41. The number of aryl methyl sites for hydroxylation is 1. The Labute approximate surface area is 98.5 Å². The number of carboxylic acid groups (broad SMARTS) is 1. The standard InChI is InChI=1S/C12H14N2O3/c1-8-14-10-7-9(4-5-11(10)17-8)13-6-2-3-12(15)16/h4-5,7,13H,2-3,6H2,1H3,(H,15,16). The zero-order valence-corrected chi connectivity index (χ0v) is 9.56. The number of anilines is 1. The fourth-order valence-electron chi connectivity index (χ4n) is 1.62. The molecule has 1 aromatic heterocycles. The molecule has 0 amide bonds. The number of aliphatic carboxylic acids is 1. The Bertz CT molecular complexity index is 534. The molecule has 0 saturated heterocycles. The lowest BCUT2D eigenvalue weighted by molar-refractivity contribution is -0.137. The van der Waals surface area contributed by atoms with Crippen molar-refractivity contribution >= 4 is 22.8 Å². The van der Waals surface area contributed by atoms with Gasteiger partial charge >= 0.3 is 5.97 Å². The number of carbonyl (C=O) groups is 1. The van der Waals surface area contributed by atoms with E-state index in [1.54, 1.807) is 6.92 Å². The molecule has 90 valence electrons. The first kappa shape index (κ1) is 11.4. The highest BCUT2D eigenvalue weighted by atomic mass is 16.4. The van der Waals surface area contributed by atoms with Gasteiger partial charge in [-0.15, -0.1) is 0 Å². The SMILES string of the molecule is Cc1nc2cc(NCCCC(=O)O)ccc2o1. The second kappa shape index (κ2) is 4.86. The summed E-state index contributed by atoms with van der Waals surface area (Å²) in [6.07, 6.45) is 0.781. The number of nitrogens with one attached hydrogen (secondary N) is 1. The number of carboxylic acids is 1. The molecule has 2 N–H and O–H groups in total. The van der Waals surface area contributed by atoms with E-state index < -0.39 is 5.97 Å². The summed E-state index contributed by atoms with van der Waals surface area (Å²) < 4.78 is 5.36. The third-order valence-corrected chi connectivity index (χ3v) is 2.39. The number of fused-ring (bicyclic) bond motifs is 1. The van der Waals surface area contributed by atoms with Gasteiger partial charge in [0.25, 0.3) is 0 Å². The van der Waals surface area contributed by atoms with Crippen molar-refractivity contribution < 1.29 is 14.3 Å². The number of nitrogens with zero attached hydrogens (tertiary/aromatic N) is 1.